The van der Waals surface area contributed by atoms with Gasteiger partial charge in [0.05, 0.1) is 5.69 Å². The molecule has 0 saturated heterocycles. The highest BCUT2D eigenvalue weighted by Crippen LogP contribution is 2.20. The Bertz CT molecular complexity index is 1160. The number of amides is 1. The highest BCUT2D eigenvalue weighted by atomic mass is 32.2. The third-order valence-electron chi connectivity index (χ3n) is 4.03. The number of aromatic nitrogens is 6. The summed E-state index contributed by atoms with van der Waals surface area (Å²) in [4.78, 5) is 16.7. The van der Waals surface area contributed by atoms with Gasteiger partial charge in [-0.3, -0.25) is 4.79 Å². The Morgan fingerprint density at radius 2 is 2.07 bits per heavy atom. The van der Waals surface area contributed by atoms with Gasteiger partial charge in [-0.1, -0.05) is 23.0 Å². The third-order valence-corrected chi connectivity index (χ3v) is 4.65. The van der Waals surface area contributed by atoms with Gasteiger partial charge < -0.3 is 14.6 Å². The number of rotatable bonds is 7. The number of benzene rings is 2. The van der Waals surface area contributed by atoms with Crippen LogP contribution < -0.4 is 10.1 Å². The van der Waals surface area contributed by atoms with Crippen LogP contribution >= 0.6 is 11.8 Å². The van der Waals surface area contributed by atoms with Crippen LogP contribution in [-0.2, 0) is 6.61 Å². The topological polar surface area (TPSA) is 121 Å². The van der Waals surface area contributed by atoms with E-state index in [4.69, 9.17) is 9.26 Å². The number of carbonyl (C=O) groups excluding carboxylic acids is 1. The van der Waals surface area contributed by atoms with Crippen molar-refractivity contribution in [3.8, 4) is 11.4 Å². The number of anilines is 1. The van der Waals surface area contributed by atoms with Crippen LogP contribution in [0.3, 0.4) is 0 Å². The molecule has 0 atom stereocenters. The fourth-order valence-corrected chi connectivity index (χ4v) is 3.07. The maximum absolute atomic E-state index is 12.6. The summed E-state index contributed by atoms with van der Waals surface area (Å²) in [6, 6.07) is 14.1. The van der Waals surface area contributed by atoms with Crippen LogP contribution in [0.4, 0.5) is 5.69 Å². The molecule has 0 spiro atoms. The Morgan fingerprint density at radius 3 is 2.80 bits per heavy atom. The predicted molar refractivity (Wildman–Crippen MR) is 109 cm³/mol. The Balaban J connectivity index is 1.41. The van der Waals surface area contributed by atoms with Crippen LogP contribution in [0.15, 0.2) is 58.2 Å². The Labute approximate surface area is 175 Å². The Kier molecular flexibility index (Phi) is 5.70. The normalized spacial score (nSPS) is 10.7. The minimum Gasteiger partial charge on any atom is -0.485 e. The van der Waals surface area contributed by atoms with Crippen molar-refractivity contribution in [1.82, 2.24) is 30.3 Å². The van der Waals surface area contributed by atoms with Crippen molar-refractivity contribution < 1.29 is 14.1 Å². The van der Waals surface area contributed by atoms with Gasteiger partial charge in [-0.2, -0.15) is 9.67 Å². The minimum atomic E-state index is -0.241. The summed E-state index contributed by atoms with van der Waals surface area (Å²) < 4.78 is 12.1. The average Bonchev–Trinajstić information content (AvgIpc) is 3.41. The van der Waals surface area contributed by atoms with E-state index in [1.165, 1.54) is 11.8 Å². The second-order valence-electron chi connectivity index (χ2n) is 6.12. The van der Waals surface area contributed by atoms with E-state index >= 15 is 0 Å². The zero-order valence-corrected chi connectivity index (χ0v) is 17.0. The van der Waals surface area contributed by atoms with Gasteiger partial charge in [-0.15, -0.1) is 5.10 Å². The van der Waals surface area contributed by atoms with E-state index in [0.717, 1.165) is 5.69 Å². The molecule has 0 bridgehead atoms. The highest BCUT2D eigenvalue weighted by molar-refractivity contribution is 7.98. The molecular formula is C19H17N7O3S. The molecule has 2 aromatic heterocycles. The summed E-state index contributed by atoms with van der Waals surface area (Å²) >= 11 is 1.43. The van der Waals surface area contributed by atoms with E-state index in [-0.39, 0.29) is 12.5 Å². The molecule has 0 aliphatic rings. The van der Waals surface area contributed by atoms with Crippen LogP contribution in [0.1, 0.15) is 22.1 Å². The van der Waals surface area contributed by atoms with Crippen molar-refractivity contribution >= 4 is 23.4 Å². The van der Waals surface area contributed by atoms with Gasteiger partial charge in [0.15, 0.2) is 6.61 Å². The van der Waals surface area contributed by atoms with E-state index in [1.807, 2.05) is 18.4 Å². The molecule has 1 N–H and O–H groups in total. The molecule has 4 rings (SSSR count). The first-order valence-corrected chi connectivity index (χ1v) is 10.1. The summed E-state index contributed by atoms with van der Waals surface area (Å²) in [5.74, 6) is 1.30. The maximum atomic E-state index is 12.6. The van der Waals surface area contributed by atoms with Gasteiger partial charge in [-0.25, -0.2) is 0 Å². The third kappa shape index (κ3) is 4.46. The van der Waals surface area contributed by atoms with Gasteiger partial charge >= 0.3 is 0 Å². The van der Waals surface area contributed by atoms with Gasteiger partial charge in [0.1, 0.15) is 5.75 Å². The summed E-state index contributed by atoms with van der Waals surface area (Å²) in [7, 11) is 0. The first-order chi connectivity index (χ1) is 14.6. The number of thioether (sulfide) groups is 1. The lowest BCUT2D eigenvalue weighted by atomic mass is 10.2. The molecule has 2 aromatic carbocycles. The molecule has 0 aliphatic carbocycles. The molecule has 1 amide bonds. The molecule has 11 heteroatoms. The highest BCUT2D eigenvalue weighted by Gasteiger charge is 2.10. The van der Waals surface area contributed by atoms with Gasteiger partial charge in [0, 0.05) is 18.2 Å². The summed E-state index contributed by atoms with van der Waals surface area (Å²) in [6.45, 7) is 1.90. The monoisotopic (exact) mass is 423 g/mol. The Hall–Kier alpha value is -3.73. The molecule has 0 radical (unpaired) electrons. The van der Waals surface area contributed by atoms with Crippen molar-refractivity contribution in [2.24, 2.45) is 0 Å². The number of hydrogen-bond donors (Lipinski definition) is 1. The van der Waals surface area contributed by atoms with Crippen LogP contribution in [0, 0.1) is 6.92 Å². The van der Waals surface area contributed by atoms with Crippen molar-refractivity contribution in [2.75, 3.05) is 11.6 Å². The smallest absolute Gasteiger partial charge is 0.255 e. The lowest BCUT2D eigenvalue weighted by Crippen LogP contribution is -2.12. The molecule has 0 aliphatic heterocycles. The first kappa shape index (κ1) is 19.6. The molecule has 30 heavy (non-hydrogen) atoms. The van der Waals surface area contributed by atoms with Crippen molar-refractivity contribution in [1.29, 1.82) is 0 Å². The molecule has 0 saturated carbocycles. The number of tetrazole rings is 1. The van der Waals surface area contributed by atoms with Crippen molar-refractivity contribution in [3.05, 3.63) is 65.8 Å². The molecule has 2 heterocycles. The number of nitrogens with zero attached hydrogens (tertiary/aromatic N) is 6. The number of ether oxygens (including phenoxy) is 1. The lowest BCUT2D eigenvalue weighted by Gasteiger charge is -2.09. The zero-order chi connectivity index (χ0) is 20.9. The number of carbonyl (C=O) groups is 1. The van der Waals surface area contributed by atoms with E-state index < -0.39 is 0 Å². The second-order valence-corrected chi connectivity index (χ2v) is 6.90. The Morgan fingerprint density at radius 1 is 1.23 bits per heavy atom. The molecule has 152 valence electrons. The van der Waals surface area contributed by atoms with Gasteiger partial charge in [-0.05, 0) is 59.1 Å². The van der Waals surface area contributed by atoms with E-state index in [1.54, 1.807) is 48.0 Å². The molecular weight excluding hydrogens is 406 g/mol. The van der Waals surface area contributed by atoms with Gasteiger partial charge in [0.2, 0.25) is 16.9 Å². The molecule has 10 nitrogen and oxygen atoms in total. The number of hydrogen-bond acceptors (Lipinski definition) is 9. The molecule has 4 aromatic rings. The average molecular weight is 423 g/mol. The van der Waals surface area contributed by atoms with E-state index in [9.17, 15) is 4.79 Å². The summed E-state index contributed by atoms with van der Waals surface area (Å²) in [6.07, 6.45) is 1.89. The van der Waals surface area contributed by atoms with E-state index in [0.29, 0.717) is 33.9 Å². The summed E-state index contributed by atoms with van der Waals surface area (Å²) in [5, 5.41) is 18.9. The van der Waals surface area contributed by atoms with Crippen molar-refractivity contribution in [2.45, 2.75) is 18.7 Å². The molecule has 0 unspecified atom stereocenters. The van der Waals surface area contributed by atoms with Gasteiger partial charge in [0.25, 0.3) is 5.91 Å². The van der Waals surface area contributed by atoms with Crippen LogP contribution in [0.5, 0.6) is 5.75 Å². The van der Waals surface area contributed by atoms with Crippen LogP contribution in [0.2, 0.25) is 0 Å². The summed E-state index contributed by atoms with van der Waals surface area (Å²) in [5.41, 5.74) is 1.88. The zero-order valence-electron chi connectivity index (χ0n) is 16.1. The van der Waals surface area contributed by atoms with Crippen molar-refractivity contribution in [3.63, 3.8) is 0 Å². The fourth-order valence-electron chi connectivity index (χ4n) is 2.64. The lowest BCUT2D eigenvalue weighted by molar-refractivity contribution is 0.102. The predicted octanol–water partition coefficient (Wildman–Crippen LogP) is 2.91. The quantitative estimate of drug-likeness (QED) is 0.447. The minimum absolute atomic E-state index is 0.185. The van der Waals surface area contributed by atoms with Crippen LogP contribution in [0.25, 0.3) is 5.69 Å². The molecule has 0 fully saturated rings. The van der Waals surface area contributed by atoms with Crippen LogP contribution in [-0.4, -0.2) is 42.5 Å². The SMILES string of the molecule is CSc1nnnn1-c1cccc(NC(=O)c2ccc(OCc3noc(C)n3)cc2)c1. The standard InChI is InChI=1S/C19H17N7O3S/c1-12-20-17(23-29-12)11-28-16-8-6-13(7-9-16)18(27)21-14-4-3-5-15(10-14)26-19(30-2)22-24-25-26/h3-10H,11H2,1-2H3,(H,21,27). The van der Waals surface area contributed by atoms with E-state index in [2.05, 4.69) is 31.0 Å². The maximum Gasteiger partial charge on any atom is 0.255 e. The largest absolute Gasteiger partial charge is 0.485 e. The number of aryl methyl sites for hydroxylation is 1. The second kappa shape index (κ2) is 8.74. The first-order valence-electron chi connectivity index (χ1n) is 8.88. The number of nitrogens with one attached hydrogen (secondary N) is 1. The fraction of sp³-hybridized carbons (Fsp3) is 0.158.